The van der Waals surface area contributed by atoms with E-state index in [0.717, 1.165) is 17.7 Å². The molecule has 0 aliphatic carbocycles. The number of aryl methyl sites for hydroxylation is 1. The summed E-state index contributed by atoms with van der Waals surface area (Å²) >= 11 is 0. The van der Waals surface area contributed by atoms with Gasteiger partial charge in [-0.25, -0.2) is 16.8 Å². The van der Waals surface area contributed by atoms with E-state index in [-0.39, 0.29) is 10.5 Å². The van der Waals surface area contributed by atoms with Crippen molar-refractivity contribution in [2.24, 2.45) is 0 Å². The molecule has 0 atom stereocenters. The summed E-state index contributed by atoms with van der Waals surface area (Å²) in [7, 11) is -8.93. The monoisotopic (exact) mass is 362 g/mol. The fourth-order valence-corrected chi connectivity index (χ4v) is 3.79. The van der Waals surface area contributed by atoms with E-state index in [4.69, 9.17) is 0 Å². The fraction of sp³-hybridized carbons (Fsp3) is 0.0625. The zero-order valence-electron chi connectivity index (χ0n) is 12.5. The van der Waals surface area contributed by atoms with Gasteiger partial charge in [-0.2, -0.15) is 5.26 Å². The smallest absolute Gasteiger partial charge is 0.216 e. The van der Waals surface area contributed by atoms with E-state index in [1.807, 2.05) is 0 Å². The standard InChI is InChI=1S/C16H13NO5S2/c1-12-6-8-14(9-7-12)23(18,19)15(11-17)10-13-4-2-3-5-16(13)24(20,21)22/h2-10H,1H3,(H,20,21,22)/p-1. The molecule has 0 spiro atoms. The summed E-state index contributed by atoms with van der Waals surface area (Å²) < 4.78 is 58.8. The second-order valence-electron chi connectivity index (χ2n) is 4.93. The molecule has 0 bridgehead atoms. The summed E-state index contributed by atoms with van der Waals surface area (Å²) in [6.07, 6.45) is 0.889. The van der Waals surface area contributed by atoms with Crippen LogP contribution in [0.4, 0.5) is 0 Å². The van der Waals surface area contributed by atoms with Gasteiger partial charge >= 0.3 is 0 Å². The number of nitrogens with zero attached hydrogens (tertiary/aromatic N) is 1. The van der Waals surface area contributed by atoms with Crippen LogP contribution in [0.25, 0.3) is 6.08 Å². The number of rotatable bonds is 4. The van der Waals surface area contributed by atoms with Crippen LogP contribution in [-0.2, 0) is 20.0 Å². The van der Waals surface area contributed by atoms with E-state index in [2.05, 4.69) is 0 Å². The second-order valence-corrected chi connectivity index (χ2v) is 8.20. The first-order valence-corrected chi connectivity index (χ1v) is 9.54. The third-order valence-corrected chi connectivity index (χ3v) is 5.80. The number of sulfone groups is 1. The van der Waals surface area contributed by atoms with Crippen molar-refractivity contribution in [2.45, 2.75) is 16.7 Å². The van der Waals surface area contributed by atoms with Crippen LogP contribution >= 0.6 is 0 Å². The number of hydrogen-bond donors (Lipinski definition) is 0. The molecule has 0 aliphatic rings. The highest BCUT2D eigenvalue weighted by Gasteiger charge is 2.21. The second kappa shape index (κ2) is 6.57. The number of hydrogen-bond acceptors (Lipinski definition) is 6. The Morgan fingerprint density at radius 3 is 2.17 bits per heavy atom. The average molecular weight is 362 g/mol. The lowest BCUT2D eigenvalue weighted by Crippen LogP contribution is -2.05. The Labute approximate surface area is 140 Å². The molecule has 0 radical (unpaired) electrons. The molecule has 2 aromatic rings. The third kappa shape index (κ3) is 3.71. The van der Waals surface area contributed by atoms with Crippen molar-refractivity contribution in [3.63, 3.8) is 0 Å². The van der Waals surface area contributed by atoms with Crippen molar-refractivity contribution in [3.8, 4) is 6.07 Å². The van der Waals surface area contributed by atoms with Gasteiger partial charge in [0, 0.05) is 0 Å². The Bertz CT molecular complexity index is 1040. The highest BCUT2D eigenvalue weighted by atomic mass is 32.2. The lowest BCUT2D eigenvalue weighted by molar-refractivity contribution is 0.463. The van der Waals surface area contributed by atoms with Gasteiger partial charge in [0.05, 0.1) is 9.79 Å². The van der Waals surface area contributed by atoms with Crippen molar-refractivity contribution in [1.82, 2.24) is 0 Å². The topological polar surface area (TPSA) is 115 Å². The maximum atomic E-state index is 12.5. The van der Waals surface area contributed by atoms with Crippen molar-refractivity contribution in [3.05, 3.63) is 64.6 Å². The number of nitriles is 1. The van der Waals surface area contributed by atoms with Crippen LogP contribution in [0.15, 0.2) is 63.2 Å². The van der Waals surface area contributed by atoms with Gasteiger partial charge < -0.3 is 4.55 Å². The van der Waals surface area contributed by atoms with Crippen molar-refractivity contribution < 1.29 is 21.4 Å². The highest BCUT2D eigenvalue weighted by molar-refractivity contribution is 7.95. The van der Waals surface area contributed by atoms with E-state index in [9.17, 15) is 26.7 Å². The molecule has 0 saturated carbocycles. The molecule has 0 heterocycles. The molecule has 0 fully saturated rings. The van der Waals surface area contributed by atoms with Crippen LogP contribution in [0.1, 0.15) is 11.1 Å². The van der Waals surface area contributed by atoms with Gasteiger partial charge in [0.2, 0.25) is 9.84 Å². The molecule has 0 aromatic heterocycles. The van der Waals surface area contributed by atoms with Crippen molar-refractivity contribution >= 4 is 26.0 Å². The molecule has 0 aliphatic heterocycles. The Morgan fingerprint density at radius 1 is 1.04 bits per heavy atom. The van der Waals surface area contributed by atoms with E-state index >= 15 is 0 Å². The molecule has 0 N–H and O–H groups in total. The molecular formula is C16H12NO5S2-. The fourth-order valence-electron chi connectivity index (χ4n) is 1.98. The maximum Gasteiger partial charge on any atom is 0.216 e. The molecular weight excluding hydrogens is 350 g/mol. The zero-order valence-corrected chi connectivity index (χ0v) is 14.1. The first kappa shape index (κ1) is 17.9. The molecule has 8 heteroatoms. The molecule has 0 unspecified atom stereocenters. The number of benzene rings is 2. The normalized spacial score (nSPS) is 12.6. The van der Waals surface area contributed by atoms with Crippen LogP contribution in [0.3, 0.4) is 0 Å². The van der Waals surface area contributed by atoms with Crippen LogP contribution in [0.5, 0.6) is 0 Å². The Hall–Kier alpha value is -2.47. The quantitative estimate of drug-likeness (QED) is 0.608. The Morgan fingerprint density at radius 2 is 1.62 bits per heavy atom. The number of allylic oxidation sites excluding steroid dienone is 1. The molecule has 6 nitrogen and oxygen atoms in total. The van der Waals surface area contributed by atoms with E-state index in [1.54, 1.807) is 25.1 Å². The first-order chi connectivity index (χ1) is 11.2. The maximum absolute atomic E-state index is 12.5. The van der Waals surface area contributed by atoms with Gasteiger partial charge in [0.25, 0.3) is 0 Å². The molecule has 0 amide bonds. The zero-order chi connectivity index (χ0) is 18.0. The van der Waals surface area contributed by atoms with Gasteiger partial charge in [0.15, 0.2) is 0 Å². The Kier molecular flexibility index (Phi) is 4.89. The summed E-state index contributed by atoms with van der Waals surface area (Å²) in [5.74, 6) is 0. The molecule has 124 valence electrons. The SMILES string of the molecule is Cc1ccc(S(=O)(=O)C(C#N)=Cc2ccccc2S(=O)(=O)[O-])cc1. The summed E-state index contributed by atoms with van der Waals surface area (Å²) in [4.78, 5) is -1.33. The van der Waals surface area contributed by atoms with Gasteiger partial charge in [-0.05, 0) is 36.8 Å². The van der Waals surface area contributed by atoms with Gasteiger partial charge in [-0.3, -0.25) is 0 Å². The van der Waals surface area contributed by atoms with Crippen LogP contribution in [-0.4, -0.2) is 21.4 Å². The van der Waals surface area contributed by atoms with E-state index in [1.165, 1.54) is 30.3 Å². The third-order valence-electron chi connectivity index (χ3n) is 3.21. The van der Waals surface area contributed by atoms with Crippen molar-refractivity contribution in [2.75, 3.05) is 0 Å². The lowest BCUT2D eigenvalue weighted by atomic mass is 10.2. The Balaban J connectivity index is 2.64. The minimum atomic E-state index is -4.80. The van der Waals surface area contributed by atoms with E-state index < -0.39 is 29.8 Å². The molecule has 0 saturated heterocycles. The largest absolute Gasteiger partial charge is 0.744 e. The van der Waals surface area contributed by atoms with E-state index in [0.29, 0.717) is 0 Å². The van der Waals surface area contributed by atoms with Gasteiger partial charge in [-0.1, -0.05) is 35.9 Å². The highest BCUT2D eigenvalue weighted by Crippen LogP contribution is 2.24. The summed E-state index contributed by atoms with van der Waals surface area (Å²) in [5, 5.41) is 9.21. The minimum absolute atomic E-state index is 0.0941. The van der Waals surface area contributed by atoms with Crippen molar-refractivity contribution in [1.29, 1.82) is 5.26 Å². The predicted molar refractivity (Wildman–Crippen MR) is 86.4 cm³/mol. The summed E-state index contributed by atoms with van der Waals surface area (Å²) in [5.41, 5.74) is 0.693. The van der Waals surface area contributed by atoms with Gasteiger partial charge in [-0.15, -0.1) is 0 Å². The first-order valence-electron chi connectivity index (χ1n) is 6.65. The predicted octanol–water partition coefficient (Wildman–Crippen LogP) is 2.24. The molecule has 2 rings (SSSR count). The van der Waals surface area contributed by atoms with Crippen LogP contribution in [0.2, 0.25) is 0 Å². The lowest BCUT2D eigenvalue weighted by Gasteiger charge is -2.10. The minimum Gasteiger partial charge on any atom is -0.744 e. The van der Waals surface area contributed by atoms with Crippen LogP contribution < -0.4 is 0 Å². The average Bonchev–Trinajstić information content (AvgIpc) is 2.52. The van der Waals surface area contributed by atoms with Crippen LogP contribution in [0, 0.1) is 18.3 Å². The molecule has 24 heavy (non-hydrogen) atoms. The summed E-state index contributed by atoms with van der Waals surface area (Å²) in [6, 6.07) is 12.5. The van der Waals surface area contributed by atoms with Gasteiger partial charge in [0.1, 0.15) is 21.1 Å². The molecule has 2 aromatic carbocycles. The summed E-state index contributed by atoms with van der Waals surface area (Å²) in [6.45, 7) is 1.78.